The van der Waals surface area contributed by atoms with Crippen LogP contribution in [0.5, 0.6) is 0 Å². The SMILES string of the molecule is CC12CC3CC(C)(C1)CC(C(=O)CCC(=O)O)(C3)C2. The largest absolute Gasteiger partial charge is 0.481 e. The zero-order valence-electron chi connectivity index (χ0n) is 12.0. The molecular weight excluding hydrogens is 240 g/mol. The number of hydrogen-bond acceptors (Lipinski definition) is 2. The minimum absolute atomic E-state index is 0.00131. The summed E-state index contributed by atoms with van der Waals surface area (Å²) in [6.07, 6.45) is 7.07. The van der Waals surface area contributed by atoms with Gasteiger partial charge in [-0.1, -0.05) is 13.8 Å². The van der Waals surface area contributed by atoms with Crippen LogP contribution in [0.1, 0.15) is 65.2 Å². The minimum Gasteiger partial charge on any atom is -0.481 e. The van der Waals surface area contributed by atoms with Crippen molar-refractivity contribution < 1.29 is 14.7 Å². The second kappa shape index (κ2) is 3.83. The van der Waals surface area contributed by atoms with Gasteiger partial charge < -0.3 is 5.11 Å². The molecule has 0 aromatic heterocycles. The fraction of sp³-hybridized carbons (Fsp3) is 0.875. The number of rotatable bonds is 4. The fourth-order valence-electron chi connectivity index (χ4n) is 6.24. The smallest absolute Gasteiger partial charge is 0.303 e. The standard InChI is InChI=1S/C16H24O3/c1-14-5-11-6-15(2,8-14)10-16(7-11,9-14)12(17)3-4-13(18)19/h11H,3-10H2,1-2H3,(H,18,19). The van der Waals surface area contributed by atoms with E-state index >= 15 is 0 Å². The van der Waals surface area contributed by atoms with Crippen LogP contribution in [-0.2, 0) is 9.59 Å². The van der Waals surface area contributed by atoms with Crippen molar-refractivity contribution in [3.8, 4) is 0 Å². The molecule has 2 unspecified atom stereocenters. The number of carbonyl (C=O) groups excluding carboxylic acids is 1. The van der Waals surface area contributed by atoms with Crippen molar-refractivity contribution >= 4 is 11.8 Å². The highest BCUT2D eigenvalue weighted by atomic mass is 16.4. The summed E-state index contributed by atoms with van der Waals surface area (Å²) in [5, 5.41) is 8.79. The van der Waals surface area contributed by atoms with Crippen LogP contribution < -0.4 is 0 Å². The number of carboxylic acids is 1. The highest BCUT2D eigenvalue weighted by Crippen LogP contribution is 2.69. The number of ketones is 1. The summed E-state index contributed by atoms with van der Waals surface area (Å²) in [6, 6.07) is 0. The highest BCUT2D eigenvalue weighted by molar-refractivity contribution is 5.88. The lowest BCUT2D eigenvalue weighted by Crippen LogP contribution is -2.57. The average Bonchev–Trinajstić information content (AvgIpc) is 2.20. The van der Waals surface area contributed by atoms with Crippen molar-refractivity contribution in [1.29, 1.82) is 0 Å². The minimum atomic E-state index is -0.851. The zero-order chi connectivity index (χ0) is 13.9. The molecule has 0 aromatic rings. The van der Waals surface area contributed by atoms with Gasteiger partial charge in [0.15, 0.2) is 0 Å². The quantitative estimate of drug-likeness (QED) is 0.846. The second-order valence-electron chi connectivity index (χ2n) is 8.23. The van der Waals surface area contributed by atoms with E-state index in [1.54, 1.807) is 0 Å². The molecule has 4 aliphatic rings. The Morgan fingerprint density at radius 1 is 1.00 bits per heavy atom. The number of hydrogen-bond donors (Lipinski definition) is 1. The van der Waals surface area contributed by atoms with Gasteiger partial charge in [-0.3, -0.25) is 9.59 Å². The third kappa shape index (κ3) is 2.11. The molecule has 0 heterocycles. The maximum atomic E-state index is 12.6. The van der Waals surface area contributed by atoms with E-state index in [4.69, 9.17) is 5.11 Å². The molecule has 0 spiro atoms. The topological polar surface area (TPSA) is 54.4 Å². The van der Waals surface area contributed by atoms with Crippen LogP contribution in [-0.4, -0.2) is 16.9 Å². The van der Waals surface area contributed by atoms with E-state index in [0.29, 0.717) is 16.7 Å². The molecule has 0 aromatic carbocycles. The summed E-state index contributed by atoms with van der Waals surface area (Å²) in [5.41, 5.74) is 0.471. The first-order valence-electron chi connectivity index (χ1n) is 7.50. The molecular formula is C16H24O3. The summed E-state index contributed by atoms with van der Waals surface area (Å²) in [4.78, 5) is 23.3. The lowest BCUT2D eigenvalue weighted by Gasteiger charge is -2.64. The molecule has 4 saturated carbocycles. The second-order valence-corrected chi connectivity index (χ2v) is 8.23. The third-order valence-corrected chi connectivity index (χ3v) is 5.78. The Balaban J connectivity index is 1.84. The van der Waals surface area contributed by atoms with Gasteiger partial charge in [0.25, 0.3) is 0 Å². The van der Waals surface area contributed by atoms with E-state index < -0.39 is 5.97 Å². The summed E-state index contributed by atoms with van der Waals surface area (Å²) in [5.74, 6) is 0.0759. The van der Waals surface area contributed by atoms with Gasteiger partial charge >= 0.3 is 5.97 Å². The first-order chi connectivity index (χ1) is 8.74. The Kier molecular flexibility index (Phi) is 2.65. The van der Waals surface area contributed by atoms with Crippen molar-refractivity contribution in [1.82, 2.24) is 0 Å². The number of carboxylic acid groups (broad SMARTS) is 1. The first kappa shape index (κ1) is 13.1. The zero-order valence-corrected chi connectivity index (χ0v) is 12.0. The van der Waals surface area contributed by atoms with E-state index in [1.165, 1.54) is 19.3 Å². The normalized spacial score (nSPS) is 47.4. The van der Waals surface area contributed by atoms with Crippen LogP contribution >= 0.6 is 0 Å². The van der Waals surface area contributed by atoms with Gasteiger partial charge in [0.2, 0.25) is 0 Å². The summed E-state index contributed by atoms with van der Waals surface area (Å²) < 4.78 is 0. The Bertz CT molecular complexity index is 421. The number of Topliss-reactive ketones (excluding diaryl/α,β-unsaturated/α-hetero) is 1. The lowest BCUT2D eigenvalue weighted by molar-refractivity contribution is -0.168. The molecule has 2 atom stereocenters. The Hall–Kier alpha value is -0.860. The van der Waals surface area contributed by atoms with Crippen molar-refractivity contribution in [3.05, 3.63) is 0 Å². The van der Waals surface area contributed by atoms with Gasteiger partial charge in [-0.05, 0) is 55.3 Å². The molecule has 3 heteroatoms. The molecule has 1 N–H and O–H groups in total. The van der Waals surface area contributed by atoms with Crippen LogP contribution in [0.4, 0.5) is 0 Å². The van der Waals surface area contributed by atoms with Crippen LogP contribution in [0.15, 0.2) is 0 Å². The van der Waals surface area contributed by atoms with Crippen molar-refractivity contribution in [2.45, 2.75) is 65.2 Å². The maximum absolute atomic E-state index is 12.6. The molecule has 19 heavy (non-hydrogen) atoms. The van der Waals surface area contributed by atoms with Crippen molar-refractivity contribution in [2.75, 3.05) is 0 Å². The molecule has 0 aliphatic heterocycles. The number of aliphatic carboxylic acids is 1. The van der Waals surface area contributed by atoms with E-state index in [9.17, 15) is 9.59 Å². The fourth-order valence-corrected chi connectivity index (χ4v) is 6.24. The van der Waals surface area contributed by atoms with Gasteiger partial charge in [-0.15, -0.1) is 0 Å². The van der Waals surface area contributed by atoms with Gasteiger partial charge in [-0.2, -0.15) is 0 Å². The van der Waals surface area contributed by atoms with Crippen LogP contribution in [0.2, 0.25) is 0 Å². The van der Waals surface area contributed by atoms with Crippen LogP contribution in [0.3, 0.4) is 0 Å². The molecule has 4 fully saturated rings. The molecule has 4 aliphatic carbocycles. The van der Waals surface area contributed by atoms with Crippen LogP contribution in [0, 0.1) is 22.2 Å². The molecule has 0 radical (unpaired) electrons. The number of carbonyl (C=O) groups is 2. The summed E-state index contributed by atoms with van der Waals surface area (Å²) in [6.45, 7) is 4.68. The molecule has 3 nitrogen and oxygen atoms in total. The first-order valence-corrected chi connectivity index (χ1v) is 7.50. The highest BCUT2D eigenvalue weighted by Gasteiger charge is 2.62. The monoisotopic (exact) mass is 264 g/mol. The summed E-state index contributed by atoms with van der Waals surface area (Å²) in [7, 11) is 0. The van der Waals surface area contributed by atoms with E-state index in [1.807, 2.05) is 0 Å². The summed E-state index contributed by atoms with van der Waals surface area (Å²) >= 11 is 0. The molecule has 106 valence electrons. The Morgan fingerprint density at radius 2 is 1.58 bits per heavy atom. The van der Waals surface area contributed by atoms with Crippen LogP contribution in [0.25, 0.3) is 0 Å². The molecule has 4 bridgehead atoms. The maximum Gasteiger partial charge on any atom is 0.303 e. The Morgan fingerprint density at radius 3 is 2.05 bits per heavy atom. The van der Waals surface area contributed by atoms with Crippen molar-refractivity contribution in [3.63, 3.8) is 0 Å². The molecule has 0 saturated heterocycles. The Labute approximate surface area is 114 Å². The van der Waals surface area contributed by atoms with E-state index in [-0.39, 0.29) is 24.0 Å². The van der Waals surface area contributed by atoms with Gasteiger partial charge in [0.05, 0.1) is 6.42 Å². The van der Waals surface area contributed by atoms with Gasteiger partial charge in [0, 0.05) is 11.8 Å². The van der Waals surface area contributed by atoms with E-state index in [2.05, 4.69) is 13.8 Å². The molecule has 4 rings (SSSR count). The van der Waals surface area contributed by atoms with Gasteiger partial charge in [-0.25, -0.2) is 0 Å². The third-order valence-electron chi connectivity index (χ3n) is 5.78. The average molecular weight is 264 g/mol. The van der Waals surface area contributed by atoms with E-state index in [0.717, 1.165) is 19.3 Å². The molecule has 0 amide bonds. The van der Waals surface area contributed by atoms with Gasteiger partial charge in [0.1, 0.15) is 5.78 Å². The van der Waals surface area contributed by atoms with Crippen molar-refractivity contribution in [2.24, 2.45) is 22.2 Å². The lowest BCUT2D eigenvalue weighted by atomic mass is 9.39. The predicted molar refractivity (Wildman–Crippen MR) is 71.7 cm³/mol. The predicted octanol–water partition coefficient (Wildman–Crippen LogP) is 3.42.